The minimum absolute atomic E-state index is 0.172. The van der Waals surface area contributed by atoms with Gasteiger partial charge in [0.05, 0.1) is 24.7 Å². The largest absolute Gasteiger partial charge is 0.496 e. The normalized spacial score (nSPS) is 15.6. The predicted molar refractivity (Wildman–Crippen MR) is 124 cm³/mol. The lowest BCUT2D eigenvalue weighted by Crippen LogP contribution is -2.34. The summed E-state index contributed by atoms with van der Waals surface area (Å²) in [5.41, 5.74) is 4.62. The lowest BCUT2D eigenvalue weighted by Gasteiger charge is -2.21. The van der Waals surface area contributed by atoms with Gasteiger partial charge in [-0.05, 0) is 56.2 Å². The van der Waals surface area contributed by atoms with Crippen LogP contribution in [0.4, 0.5) is 10.8 Å². The van der Waals surface area contributed by atoms with Crippen LogP contribution in [0, 0.1) is 6.92 Å². The van der Waals surface area contributed by atoms with Crippen molar-refractivity contribution in [3.63, 3.8) is 0 Å². The first-order chi connectivity index (χ1) is 14.7. The summed E-state index contributed by atoms with van der Waals surface area (Å²) in [6.45, 7) is 3.86. The average molecular weight is 458 g/mol. The van der Waals surface area contributed by atoms with Crippen molar-refractivity contribution in [3.8, 4) is 17.0 Å². The number of aromatic nitrogens is 1. The van der Waals surface area contributed by atoms with Crippen LogP contribution in [-0.4, -0.2) is 38.7 Å². The number of rotatable bonds is 5. The molecule has 1 atom stereocenters. The van der Waals surface area contributed by atoms with E-state index in [4.69, 9.17) is 4.74 Å². The number of carbonyl (C=O) groups is 1. The third kappa shape index (κ3) is 4.15. The summed E-state index contributed by atoms with van der Waals surface area (Å²) in [7, 11) is -1.75. The van der Waals surface area contributed by atoms with E-state index in [0.717, 1.165) is 28.1 Å². The molecule has 0 spiro atoms. The van der Waals surface area contributed by atoms with E-state index in [9.17, 15) is 13.2 Å². The van der Waals surface area contributed by atoms with Crippen molar-refractivity contribution in [2.45, 2.75) is 26.3 Å². The number of aryl methyl sites for hydroxylation is 1. The van der Waals surface area contributed by atoms with Crippen LogP contribution in [-0.2, 0) is 16.4 Å². The molecule has 1 aromatic heterocycles. The van der Waals surface area contributed by atoms with Gasteiger partial charge in [0.15, 0.2) is 5.13 Å². The molecule has 0 aliphatic carbocycles. The Balaban J connectivity index is 1.56. The second kappa shape index (κ2) is 7.97. The first kappa shape index (κ1) is 21.3. The number of carbonyl (C=O) groups excluding carboxylic acids is 1. The maximum atomic E-state index is 12.8. The molecule has 0 saturated carbocycles. The summed E-state index contributed by atoms with van der Waals surface area (Å²) >= 11 is 1.34. The lowest BCUT2D eigenvalue weighted by atomic mass is 10.1. The summed E-state index contributed by atoms with van der Waals surface area (Å²) in [6, 6.07) is 10.8. The molecule has 1 unspecified atom stereocenters. The molecular weight excluding hydrogens is 434 g/mol. The quantitative estimate of drug-likeness (QED) is 0.623. The Morgan fingerprint density at radius 3 is 2.74 bits per heavy atom. The zero-order valence-electron chi connectivity index (χ0n) is 17.7. The number of methoxy groups -OCH3 is 1. The number of sulfonamides is 1. The van der Waals surface area contributed by atoms with E-state index in [1.807, 2.05) is 37.4 Å². The van der Waals surface area contributed by atoms with Crippen molar-refractivity contribution in [2.75, 3.05) is 23.0 Å². The van der Waals surface area contributed by atoms with Gasteiger partial charge in [-0.1, -0.05) is 11.6 Å². The Kier molecular flexibility index (Phi) is 5.49. The van der Waals surface area contributed by atoms with Gasteiger partial charge in [0.2, 0.25) is 10.0 Å². The summed E-state index contributed by atoms with van der Waals surface area (Å²) in [6.07, 6.45) is 1.76. The topological polar surface area (TPSA) is 88.6 Å². The number of thiazole rings is 1. The molecule has 0 radical (unpaired) electrons. The summed E-state index contributed by atoms with van der Waals surface area (Å²) in [4.78, 5) is 17.3. The highest BCUT2D eigenvalue weighted by Gasteiger charge is 2.32. The van der Waals surface area contributed by atoms with Crippen molar-refractivity contribution >= 4 is 38.1 Å². The number of benzene rings is 2. The van der Waals surface area contributed by atoms with Gasteiger partial charge < -0.3 is 4.74 Å². The van der Waals surface area contributed by atoms with E-state index in [-0.39, 0.29) is 11.9 Å². The number of anilines is 2. The van der Waals surface area contributed by atoms with E-state index in [0.29, 0.717) is 22.8 Å². The fourth-order valence-corrected chi connectivity index (χ4v) is 5.86. The highest BCUT2D eigenvalue weighted by molar-refractivity contribution is 7.92. The summed E-state index contributed by atoms with van der Waals surface area (Å²) < 4.78 is 31.0. The molecule has 1 amide bonds. The summed E-state index contributed by atoms with van der Waals surface area (Å²) in [5.74, 6) is 0.433. The lowest BCUT2D eigenvalue weighted by molar-refractivity contribution is 0.102. The van der Waals surface area contributed by atoms with E-state index in [2.05, 4.69) is 10.3 Å². The third-order valence-electron chi connectivity index (χ3n) is 5.21. The van der Waals surface area contributed by atoms with Gasteiger partial charge in [0.25, 0.3) is 5.91 Å². The van der Waals surface area contributed by atoms with E-state index >= 15 is 0 Å². The minimum Gasteiger partial charge on any atom is -0.496 e. The van der Waals surface area contributed by atoms with Crippen LogP contribution in [0.3, 0.4) is 0 Å². The fraction of sp³-hybridized carbons (Fsp3) is 0.273. The number of ether oxygens (including phenoxy) is 1. The number of amides is 1. The summed E-state index contributed by atoms with van der Waals surface area (Å²) in [5, 5.41) is 5.20. The second-order valence-electron chi connectivity index (χ2n) is 7.65. The zero-order valence-corrected chi connectivity index (χ0v) is 19.3. The fourth-order valence-electron chi connectivity index (χ4n) is 3.90. The van der Waals surface area contributed by atoms with Crippen molar-refractivity contribution in [1.82, 2.24) is 4.98 Å². The molecule has 1 aliphatic rings. The van der Waals surface area contributed by atoms with Crippen molar-refractivity contribution in [1.29, 1.82) is 0 Å². The molecule has 2 aromatic carbocycles. The average Bonchev–Trinajstić information content (AvgIpc) is 3.30. The Bertz CT molecular complexity index is 1270. The van der Waals surface area contributed by atoms with Crippen LogP contribution in [0.15, 0.2) is 41.8 Å². The number of fused-ring (bicyclic) bond motifs is 1. The standard InChI is InChI=1S/C22H23N3O4S2/c1-13-5-8-20(29-3)17(9-13)18-12-30-22(23-18)24-21(26)15-6-7-19-16(11-15)10-14(2)25(19)31(4,27)28/h5-9,11-12,14H,10H2,1-4H3,(H,23,24,26). The molecule has 162 valence electrons. The molecule has 2 heterocycles. The van der Waals surface area contributed by atoms with Crippen LogP contribution in [0.25, 0.3) is 11.3 Å². The molecule has 0 bridgehead atoms. The van der Waals surface area contributed by atoms with Gasteiger partial charge in [-0.25, -0.2) is 13.4 Å². The monoisotopic (exact) mass is 457 g/mol. The van der Waals surface area contributed by atoms with E-state index < -0.39 is 10.0 Å². The first-order valence-electron chi connectivity index (χ1n) is 9.71. The SMILES string of the molecule is COc1ccc(C)cc1-c1csc(NC(=O)c2ccc3c(c2)CC(C)N3S(C)(=O)=O)n1. The molecule has 31 heavy (non-hydrogen) atoms. The third-order valence-corrected chi connectivity index (χ3v) is 7.24. The van der Waals surface area contributed by atoms with Crippen LogP contribution < -0.4 is 14.4 Å². The van der Waals surface area contributed by atoms with Gasteiger partial charge in [0, 0.05) is 22.5 Å². The maximum Gasteiger partial charge on any atom is 0.257 e. The van der Waals surface area contributed by atoms with Gasteiger partial charge in [-0.15, -0.1) is 11.3 Å². The maximum absolute atomic E-state index is 12.8. The molecular formula is C22H23N3O4S2. The smallest absolute Gasteiger partial charge is 0.257 e. The van der Waals surface area contributed by atoms with Crippen LogP contribution >= 0.6 is 11.3 Å². The molecule has 0 saturated heterocycles. The Labute approximate surface area is 185 Å². The molecule has 9 heteroatoms. The molecule has 0 fully saturated rings. The van der Waals surface area contributed by atoms with Gasteiger partial charge in [-0.3, -0.25) is 14.4 Å². The number of nitrogens with zero attached hydrogens (tertiary/aromatic N) is 2. The highest BCUT2D eigenvalue weighted by atomic mass is 32.2. The molecule has 4 rings (SSSR count). The number of nitrogens with one attached hydrogen (secondary N) is 1. The number of hydrogen-bond acceptors (Lipinski definition) is 6. The van der Waals surface area contributed by atoms with Gasteiger partial charge >= 0.3 is 0 Å². The zero-order chi connectivity index (χ0) is 22.3. The van der Waals surface area contributed by atoms with E-state index in [1.54, 1.807) is 25.3 Å². The van der Waals surface area contributed by atoms with Crippen LogP contribution in [0.2, 0.25) is 0 Å². The molecule has 3 aromatic rings. The molecule has 1 N–H and O–H groups in total. The Morgan fingerprint density at radius 2 is 2.03 bits per heavy atom. The Morgan fingerprint density at radius 1 is 1.26 bits per heavy atom. The minimum atomic E-state index is -3.37. The predicted octanol–water partition coefficient (Wildman–Crippen LogP) is 4.09. The van der Waals surface area contributed by atoms with Crippen LogP contribution in [0.1, 0.15) is 28.4 Å². The van der Waals surface area contributed by atoms with Crippen molar-refractivity contribution in [3.05, 3.63) is 58.5 Å². The van der Waals surface area contributed by atoms with E-state index in [1.165, 1.54) is 21.9 Å². The van der Waals surface area contributed by atoms with Crippen molar-refractivity contribution < 1.29 is 17.9 Å². The second-order valence-corrected chi connectivity index (χ2v) is 10.4. The Hall–Kier alpha value is -2.91. The highest BCUT2D eigenvalue weighted by Crippen LogP contribution is 2.36. The van der Waals surface area contributed by atoms with Gasteiger partial charge in [-0.2, -0.15) is 0 Å². The van der Waals surface area contributed by atoms with Crippen LogP contribution in [0.5, 0.6) is 5.75 Å². The molecule has 7 nitrogen and oxygen atoms in total. The van der Waals surface area contributed by atoms with Gasteiger partial charge in [0.1, 0.15) is 5.75 Å². The molecule has 1 aliphatic heterocycles. The first-order valence-corrected chi connectivity index (χ1v) is 12.4. The van der Waals surface area contributed by atoms with Crippen molar-refractivity contribution in [2.24, 2.45) is 0 Å². The number of hydrogen-bond donors (Lipinski definition) is 1.